The Morgan fingerprint density at radius 3 is 2.81 bits per heavy atom. The van der Waals surface area contributed by atoms with Crippen LogP contribution in [0.3, 0.4) is 0 Å². The molecule has 0 amide bonds. The molecule has 1 saturated heterocycles. The van der Waals surface area contributed by atoms with Crippen LogP contribution in [0.25, 0.3) is 0 Å². The molecule has 1 fully saturated rings. The molecule has 1 atom stereocenters. The molecule has 8 heteroatoms. The van der Waals surface area contributed by atoms with Crippen molar-refractivity contribution >= 4 is 11.5 Å². The minimum absolute atomic E-state index is 0.0198. The fourth-order valence-corrected chi connectivity index (χ4v) is 3.32. The van der Waals surface area contributed by atoms with E-state index in [2.05, 4.69) is 15.1 Å². The third-order valence-electron chi connectivity index (χ3n) is 4.57. The standard InChI is InChI=1S/C18H18F3N5/c1-25(16-7-6-14(18(19,20)21)10-13(16)11-22)12-15-4-3-9-26(15)17-5-2-8-23-24-17/h2,5-8,10,15H,3-4,9,12H2,1H3. The summed E-state index contributed by atoms with van der Waals surface area (Å²) in [6.45, 7) is 1.44. The van der Waals surface area contributed by atoms with Gasteiger partial charge in [-0.1, -0.05) is 0 Å². The molecule has 1 aromatic carbocycles. The Morgan fingerprint density at radius 1 is 1.35 bits per heavy atom. The smallest absolute Gasteiger partial charge is 0.371 e. The highest BCUT2D eigenvalue weighted by Crippen LogP contribution is 2.33. The fraction of sp³-hybridized carbons (Fsp3) is 0.389. The lowest BCUT2D eigenvalue weighted by atomic mass is 10.1. The van der Waals surface area contributed by atoms with Crippen molar-refractivity contribution in [3.63, 3.8) is 0 Å². The van der Waals surface area contributed by atoms with E-state index >= 15 is 0 Å². The van der Waals surface area contributed by atoms with Crippen LogP contribution in [-0.2, 0) is 6.18 Å². The van der Waals surface area contributed by atoms with E-state index in [0.29, 0.717) is 12.2 Å². The number of likely N-dealkylation sites (N-methyl/N-ethyl adjacent to an activating group) is 1. The highest BCUT2D eigenvalue weighted by molar-refractivity contribution is 5.60. The zero-order valence-corrected chi connectivity index (χ0v) is 14.2. The third-order valence-corrected chi connectivity index (χ3v) is 4.57. The first-order valence-electron chi connectivity index (χ1n) is 8.27. The Hall–Kier alpha value is -2.82. The first-order chi connectivity index (χ1) is 12.4. The summed E-state index contributed by atoms with van der Waals surface area (Å²) in [6.07, 6.45) is -0.893. The Bertz CT molecular complexity index is 801. The third kappa shape index (κ3) is 3.72. The minimum Gasteiger partial charge on any atom is -0.371 e. The van der Waals surface area contributed by atoms with Crippen LogP contribution in [-0.4, -0.2) is 36.4 Å². The maximum Gasteiger partial charge on any atom is 0.416 e. The van der Waals surface area contributed by atoms with Crippen molar-refractivity contribution < 1.29 is 13.2 Å². The lowest BCUT2D eigenvalue weighted by molar-refractivity contribution is -0.137. The van der Waals surface area contributed by atoms with Crippen LogP contribution in [0.5, 0.6) is 0 Å². The Morgan fingerprint density at radius 2 is 2.15 bits per heavy atom. The molecular weight excluding hydrogens is 343 g/mol. The lowest BCUT2D eigenvalue weighted by Gasteiger charge is -2.30. The first kappa shape index (κ1) is 18.0. The molecule has 1 aliphatic rings. The number of benzene rings is 1. The highest BCUT2D eigenvalue weighted by atomic mass is 19.4. The molecular formula is C18H18F3N5. The van der Waals surface area contributed by atoms with Gasteiger partial charge in [-0.05, 0) is 43.2 Å². The summed E-state index contributed by atoms with van der Waals surface area (Å²) in [5.41, 5.74) is -0.300. The Balaban J connectivity index is 1.79. The number of hydrogen-bond donors (Lipinski definition) is 0. The molecule has 5 nitrogen and oxygen atoms in total. The summed E-state index contributed by atoms with van der Waals surface area (Å²) in [6, 6.07) is 9.04. The van der Waals surface area contributed by atoms with Crippen molar-refractivity contribution in [1.82, 2.24) is 10.2 Å². The monoisotopic (exact) mass is 361 g/mol. The number of alkyl halides is 3. The average molecular weight is 361 g/mol. The van der Waals surface area contributed by atoms with Crippen molar-refractivity contribution in [1.29, 1.82) is 5.26 Å². The summed E-state index contributed by atoms with van der Waals surface area (Å²) < 4.78 is 38.6. The molecule has 3 rings (SSSR count). The van der Waals surface area contributed by atoms with E-state index in [1.807, 2.05) is 23.1 Å². The number of nitrogens with zero attached hydrogens (tertiary/aromatic N) is 5. The van der Waals surface area contributed by atoms with Crippen LogP contribution < -0.4 is 9.80 Å². The van der Waals surface area contributed by atoms with E-state index in [-0.39, 0.29) is 11.6 Å². The zero-order valence-electron chi connectivity index (χ0n) is 14.2. The summed E-state index contributed by atoms with van der Waals surface area (Å²) in [7, 11) is 1.79. The van der Waals surface area contributed by atoms with Crippen molar-refractivity contribution in [3.8, 4) is 6.07 Å². The van der Waals surface area contributed by atoms with E-state index in [1.54, 1.807) is 13.2 Å². The molecule has 2 aromatic rings. The van der Waals surface area contributed by atoms with Gasteiger partial charge in [-0.15, -0.1) is 5.10 Å². The summed E-state index contributed by atoms with van der Waals surface area (Å²) in [5.74, 6) is 0.788. The van der Waals surface area contributed by atoms with E-state index < -0.39 is 11.7 Å². The predicted octanol–water partition coefficient (Wildman–Crippen LogP) is 3.47. The van der Waals surface area contributed by atoms with Gasteiger partial charge in [0.1, 0.15) is 6.07 Å². The van der Waals surface area contributed by atoms with Crippen LogP contribution in [0.15, 0.2) is 36.5 Å². The summed E-state index contributed by atoms with van der Waals surface area (Å²) in [5, 5.41) is 17.3. The van der Waals surface area contributed by atoms with Gasteiger partial charge in [-0.25, -0.2) is 0 Å². The molecule has 1 aliphatic heterocycles. The van der Waals surface area contributed by atoms with E-state index in [1.165, 1.54) is 6.07 Å². The van der Waals surface area contributed by atoms with Gasteiger partial charge in [0.25, 0.3) is 0 Å². The molecule has 1 unspecified atom stereocenters. The molecule has 136 valence electrons. The number of nitriles is 1. The molecule has 0 saturated carbocycles. The Kier molecular flexibility index (Phi) is 4.98. The van der Waals surface area contributed by atoms with Crippen molar-refractivity contribution in [2.45, 2.75) is 25.1 Å². The van der Waals surface area contributed by atoms with E-state index in [0.717, 1.165) is 37.3 Å². The molecule has 26 heavy (non-hydrogen) atoms. The molecule has 0 spiro atoms. The second-order valence-corrected chi connectivity index (χ2v) is 6.29. The van der Waals surface area contributed by atoms with Gasteiger partial charge in [0.2, 0.25) is 0 Å². The van der Waals surface area contributed by atoms with Gasteiger partial charge in [0.05, 0.1) is 16.8 Å². The van der Waals surface area contributed by atoms with Crippen molar-refractivity contribution in [3.05, 3.63) is 47.7 Å². The van der Waals surface area contributed by atoms with Crippen LogP contribution in [0, 0.1) is 11.3 Å². The highest BCUT2D eigenvalue weighted by Gasteiger charge is 2.32. The molecule has 0 radical (unpaired) electrons. The van der Waals surface area contributed by atoms with Crippen molar-refractivity contribution in [2.75, 3.05) is 29.9 Å². The van der Waals surface area contributed by atoms with E-state index in [4.69, 9.17) is 0 Å². The van der Waals surface area contributed by atoms with Crippen LogP contribution in [0.1, 0.15) is 24.0 Å². The largest absolute Gasteiger partial charge is 0.416 e. The topological polar surface area (TPSA) is 56.1 Å². The summed E-state index contributed by atoms with van der Waals surface area (Å²) >= 11 is 0. The number of aromatic nitrogens is 2. The second-order valence-electron chi connectivity index (χ2n) is 6.29. The van der Waals surface area contributed by atoms with Gasteiger partial charge in [0, 0.05) is 32.4 Å². The normalized spacial score (nSPS) is 17.2. The number of halogens is 3. The van der Waals surface area contributed by atoms with E-state index in [9.17, 15) is 18.4 Å². The van der Waals surface area contributed by atoms with Gasteiger partial charge in [-0.2, -0.15) is 23.5 Å². The van der Waals surface area contributed by atoms with Gasteiger partial charge >= 0.3 is 6.18 Å². The number of anilines is 2. The summed E-state index contributed by atoms with van der Waals surface area (Å²) in [4.78, 5) is 3.98. The quantitative estimate of drug-likeness (QED) is 0.835. The fourth-order valence-electron chi connectivity index (χ4n) is 3.32. The van der Waals surface area contributed by atoms with Crippen molar-refractivity contribution in [2.24, 2.45) is 0 Å². The molecule has 2 heterocycles. The second kappa shape index (κ2) is 7.20. The predicted molar refractivity (Wildman–Crippen MR) is 91.8 cm³/mol. The SMILES string of the molecule is CN(CC1CCCN1c1cccnn1)c1ccc(C(F)(F)F)cc1C#N. The maximum absolute atomic E-state index is 12.9. The molecule has 0 N–H and O–H groups in total. The maximum atomic E-state index is 12.9. The zero-order chi connectivity index (χ0) is 18.7. The number of rotatable bonds is 4. The van der Waals surface area contributed by atoms with Gasteiger partial charge < -0.3 is 9.80 Å². The molecule has 0 bridgehead atoms. The van der Waals surface area contributed by atoms with Crippen LogP contribution >= 0.6 is 0 Å². The average Bonchev–Trinajstić information content (AvgIpc) is 3.09. The molecule has 0 aliphatic carbocycles. The van der Waals surface area contributed by atoms with Gasteiger partial charge in [0.15, 0.2) is 5.82 Å². The minimum atomic E-state index is -4.46. The Labute approximate surface area is 149 Å². The number of hydrogen-bond acceptors (Lipinski definition) is 5. The van der Waals surface area contributed by atoms with Crippen LogP contribution in [0.2, 0.25) is 0 Å². The molecule has 1 aromatic heterocycles. The van der Waals surface area contributed by atoms with Crippen LogP contribution in [0.4, 0.5) is 24.7 Å². The first-order valence-corrected chi connectivity index (χ1v) is 8.27. The lowest BCUT2D eigenvalue weighted by Crippen LogP contribution is -2.39. The van der Waals surface area contributed by atoms with Gasteiger partial charge in [-0.3, -0.25) is 0 Å².